The Bertz CT molecular complexity index is 935. The molecule has 1 heterocycles. The molecule has 3 rings (SSSR count). The van der Waals surface area contributed by atoms with Crippen LogP contribution >= 0.6 is 0 Å². The fourth-order valence-corrected chi connectivity index (χ4v) is 4.06. The molecule has 172 valence electrons. The molecule has 0 bridgehead atoms. The number of carbonyl (C=O) groups is 2. The third-order valence-corrected chi connectivity index (χ3v) is 6.28. The monoisotopic (exact) mass is 436 g/mol. The number of para-hydroxylation sites is 1. The van der Waals surface area contributed by atoms with Crippen molar-refractivity contribution >= 4 is 17.5 Å². The number of carbonyl (C=O) groups excluding carboxylic acids is 2. The Labute approximate surface area is 192 Å². The maximum absolute atomic E-state index is 12.5. The van der Waals surface area contributed by atoms with Gasteiger partial charge in [0.1, 0.15) is 0 Å². The van der Waals surface area contributed by atoms with Crippen molar-refractivity contribution in [1.82, 2.24) is 15.1 Å². The van der Waals surface area contributed by atoms with E-state index >= 15 is 0 Å². The first-order chi connectivity index (χ1) is 15.4. The van der Waals surface area contributed by atoms with Gasteiger partial charge in [-0.3, -0.25) is 19.4 Å². The highest BCUT2D eigenvalue weighted by Gasteiger charge is 2.21. The lowest BCUT2D eigenvalue weighted by molar-refractivity contribution is -0.124. The predicted octanol–water partition coefficient (Wildman–Crippen LogP) is 3.30. The highest BCUT2D eigenvalue weighted by atomic mass is 16.2. The average Bonchev–Trinajstić information content (AvgIpc) is 2.77. The molecule has 0 aliphatic carbocycles. The molecule has 0 spiro atoms. The molecule has 2 aromatic carbocycles. The summed E-state index contributed by atoms with van der Waals surface area (Å²) in [6.45, 7) is 12.2. The number of anilines is 1. The van der Waals surface area contributed by atoms with Crippen LogP contribution in [0.4, 0.5) is 5.69 Å². The summed E-state index contributed by atoms with van der Waals surface area (Å²) < 4.78 is 0. The zero-order valence-corrected chi connectivity index (χ0v) is 19.8. The second-order valence-electron chi connectivity index (χ2n) is 8.74. The van der Waals surface area contributed by atoms with Gasteiger partial charge in [0.15, 0.2) is 0 Å². The second-order valence-corrected chi connectivity index (χ2v) is 8.74. The van der Waals surface area contributed by atoms with E-state index in [-0.39, 0.29) is 17.9 Å². The maximum atomic E-state index is 12.5. The molecular formula is C26H36N4O2. The predicted molar refractivity (Wildman–Crippen MR) is 130 cm³/mol. The second kappa shape index (κ2) is 11.2. The quantitative estimate of drug-likeness (QED) is 0.667. The van der Waals surface area contributed by atoms with Crippen LogP contribution in [0.25, 0.3) is 0 Å². The number of nitrogens with zero attached hydrogens (tertiary/aromatic N) is 2. The Morgan fingerprint density at radius 1 is 0.906 bits per heavy atom. The standard InChI is InChI=1S/C26H36N4O2/c1-5-22-8-6-7-9-24(22)28-26(32)18-30-14-12-29(13-15-30)17-25(31)27-21(4)23-11-10-19(2)20(3)16-23/h6-11,16,21H,5,12-15,17-18H2,1-4H3,(H,27,31)(H,28,32). The van der Waals surface area contributed by atoms with Crippen LogP contribution in [-0.4, -0.2) is 60.9 Å². The molecule has 2 aromatic rings. The van der Waals surface area contributed by atoms with Gasteiger partial charge in [-0.05, 0) is 55.5 Å². The van der Waals surface area contributed by atoms with Gasteiger partial charge in [0, 0.05) is 31.9 Å². The van der Waals surface area contributed by atoms with Gasteiger partial charge < -0.3 is 10.6 Å². The molecule has 1 fully saturated rings. The number of benzene rings is 2. The van der Waals surface area contributed by atoms with E-state index in [1.165, 1.54) is 11.1 Å². The Balaban J connectivity index is 1.40. The van der Waals surface area contributed by atoms with Crippen LogP contribution in [-0.2, 0) is 16.0 Å². The van der Waals surface area contributed by atoms with Gasteiger partial charge in [0.05, 0.1) is 19.1 Å². The largest absolute Gasteiger partial charge is 0.348 e. The molecule has 1 aliphatic rings. The molecule has 6 nitrogen and oxygen atoms in total. The molecule has 32 heavy (non-hydrogen) atoms. The third-order valence-electron chi connectivity index (χ3n) is 6.28. The zero-order valence-electron chi connectivity index (χ0n) is 19.8. The molecule has 2 amide bonds. The van der Waals surface area contributed by atoms with E-state index in [1.807, 2.05) is 31.2 Å². The molecule has 1 aliphatic heterocycles. The molecule has 0 aromatic heterocycles. The van der Waals surface area contributed by atoms with Gasteiger partial charge in [-0.2, -0.15) is 0 Å². The number of piperazine rings is 1. The maximum Gasteiger partial charge on any atom is 0.238 e. The van der Waals surface area contributed by atoms with E-state index in [0.717, 1.165) is 49.4 Å². The van der Waals surface area contributed by atoms with Crippen LogP contribution in [0.1, 0.15) is 42.1 Å². The first-order valence-corrected chi connectivity index (χ1v) is 11.5. The van der Waals surface area contributed by atoms with Crippen LogP contribution < -0.4 is 10.6 Å². The van der Waals surface area contributed by atoms with E-state index in [0.29, 0.717) is 13.1 Å². The Kier molecular flexibility index (Phi) is 8.42. The van der Waals surface area contributed by atoms with Gasteiger partial charge in [0.25, 0.3) is 0 Å². The summed E-state index contributed by atoms with van der Waals surface area (Å²) in [7, 11) is 0. The fraction of sp³-hybridized carbons (Fsp3) is 0.462. The highest BCUT2D eigenvalue weighted by molar-refractivity contribution is 5.93. The number of aryl methyl sites for hydroxylation is 3. The number of amides is 2. The number of nitrogens with one attached hydrogen (secondary N) is 2. The van der Waals surface area contributed by atoms with E-state index in [9.17, 15) is 9.59 Å². The van der Waals surface area contributed by atoms with Gasteiger partial charge in [-0.25, -0.2) is 0 Å². The van der Waals surface area contributed by atoms with Crippen molar-refractivity contribution in [3.8, 4) is 0 Å². The van der Waals surface area contributed by atoms with E-state index in [4.69, 9.17) is 0 Å². The van der Waals surface area contributed by atoms with Crippen molar-refractivity contribution < 1.29 is 9.59 Å². The summed E-state index contributed by atoms with van der Waals surface area (Å²) >= 11 is 0. The lowest BCUT2D eigenvalue weighted by Gasteiger charge is -2.34. The van der Waals surface area contributed by atoms with Gasteiger partial charge in [-0.1, -0.05) is 43.3 Å². The van der Waals surface area contributed by atoms with Gasteiger partial charge in [0.2, 0.25) is 11.8 Å². The van der Waals surface area contributed by atoms with Crippen molar-refractivity contribution in [2.75, 3.05) is 44.6 Å². The molecule has 0 saturated carbocycles. The zero-order chi connectivity index (χ0) is 23.1. The third kappa shape index (κ3) is 6.65. The first-order valence-electron chi connectivity index (χ1n) is 11.5. The molecule has 1 unspecified atom stereocenters. The summed E-state index contributed by atoms with van der Waals surface area (Å²) in [5, 5.41) is 6.15. The molecule has 0 radical (unpaired) electrons. The normalized spacial score (nSPS) is 15.9. The minimum absolute atomic E-state index is 0.0132. The number of rotatable bonds is 8. The van der Waals surface area contributed by atoms with Crippen molar-refractivity contribution in [2.24, 2.45) is 0 Å². The number of hydrogen-bond acceptors (Lipinski definition) is 4. The highest BCUT2D eigenvalue weighted by Crippen LogP contribution is 2.17. The SMILES string of the molecule is CCc1ccccc1NC(=O)CN1CCN(CC(=O)NC(C)c2ccc(C)c(C)c2)CC1. The van der Waals surface area contributed by atoms with Crippen molar-refractivity contribution in [3.63, 3.8) is 0 Å². The molecule has 2 N–H and O–H groups in total. The molecular weight excluding hydrogens is 400 g/mol. The van der Waals surface area contributed by atoms with E-state index < -0.39 is 0 Å². The Hall–Kier alpha value is -2.70. The van der Waals surface area contributed by atoms with Crippen molar-refractivity contribution in [2.45, 2.75) is 40.2 Å². The fourth-order valence-electron chi connectivity index (χ4n) is 4.06. The summed E-state index contributed by atoms with van der Waals surface area (Å²) in [5.74, 6) is 0.0532. The summed E-state index contributed by atoms with van der Waals surface area (Å²) in [4.78, 5) is 29.3. The summed E-state index contributed by atoms with van der Waals surface area (Å²) in [6.07, 6.45) is 0.888. The Morgan fingerprint density at radius 2 is 1.53 bits per heavy atom. The lowest BCUT2D eigenvalue weighted by atomic mass is 10.0. The molecule has 1 atom stereocenters. The van der Waals surface area contributed by atoms with Crippen molar-refractivity contribution in [1.29, 1.82) is 0 Å². The van der Waals surface area contributed by atoms with Crippen molar-refractivity contribution in [3.05, 3.63) is 64.7 Å². The van der Waals surface area contributed by atoms with Gasteiger partial charge >= 0.3 is 0 Å². The van der Waals surface area contributed by atoms with E-state index in [2.05, 4.69) is 59.4 Å². The lowest BCUT2D eigenvalue weighted by Crippen LogP contribution is -2.51. The summed E-state index contributed by atoms with van der Waals surface area (Å²) in [5.41, 5.74) is 5.66. The van der Waals surface area contributed by atoms with Crippen LogP contribution in [0.3, 0.4) is 0 Å². The minimum Gasteiger partial charge on any atom is -0.348 e. The molecule has 6 heteroatoms. The Morgan fingerprint density at radius 3 is 2.16 bits per heavy atom. The smallest absolute Gasteiger partial charge is 0.238 e. The van der Waals surface area contributed by atoms with Crippen LogP contribution in [0.15, 0.2) is 42.5 Å². The van der Waals surface area contributed by atoms with Gasteiger partial charge in [-0.15, -0.1) is 0 Å². The van der Waals surface area contributed by atoms with Crippen LogP contribution in [0.2, 0.25) is 0 Å². The molecule has 1 saturated heterocycles. The average molecular weight is 437 g/mol. The topological polar surface area (TPSA) is 64.7 Å². The van der Waals surface area contributed by atoms with Crippen LogP contribution in [0.5, 0.6) is 0 Å². The van der Waals surface area contributed by atoms with E-state index in [1.54, 1.807) is 0 Å². The minimum atomic E-state index is -0.0159. The summed E-state index contributed by atoms with van der Waals surface area (Å²) in [6, 6.07) is 14.2. The van der Waals surface area contributed by atoms with Crippen LogP contribution in [0, 0.1) is 13.8 Å². The number of hydrogen-bond donors (Lipinski definition) is 2. The first kappa shape index (κ1) is 24.0.